The van der Waals surface area contributed by atoms with Crippen molar-refractivity contribution in [3.8, 4) is 0 Å². The smallest absolute Gasteiger partial charge is 0.290 e. The number of nitrogens with one attached hydrogen (secondary N) is 2. The molecule has 0 aromatic carbocycles. The highest BCUT2D eigenvalue weighted by Gasteiger charge is 2.27. The molecule has 0 spiro atoms. The molecule has 3 N–H and O–H groups in total. The molecular formula is C23H32N6O3. The van der Waals surface area contributed by atoms with Gasteiger partial charge in [0.05, 0.1) is 0 Å². The summed E-state index contributed by atoms with van der Waals surface area (Å²) in [6.45, 7) is 7.65. The van der Waals surface area contributed by atoms with Crippen LogP contribution in [0.1, 0.15) is 54.1 Å². The van der Waals surface area contributed by atoms with Gasteiger partial charge in [0.1, 0.15) is 17.3 Å². The minimum Gasteiger partial charge on any atom is -0.483 e. The number of pyridine rings is 1. The van der Waals surface area contributed by atoms with E-state index in [0.717, 1.165) is 62.5 Å². The molecule has 2 aliphatic rings. The third-order valence-corrected chi connectivity index (χ3v) is 5.50. The highest BCUT2D eigenvalue weighted by molar-refractivity contribution is 5.96. The number of aromatic nitrogens is 3. The van der Waals surface area contributed by atoms with Crippen molar-refractivity contribution < 1.29 is 14.7 Å². The molecule has 172 valence electrons. The summed E-state index contributed by atoms with van der Waals surface area (Å²) in [4.78, 5) is 36.8. The van der Waals surface area contributed by atoms with Gasteiger partial charge in [-0.1, -0.05) is 19.9 Å². The summed E-state index contributed by atoms with van der Waals surface area (Å²) in [6, 6.07) is 4.43. The fraction of sp³-hybridized carbons (Fsp3) is 0.522. The van der Waals surface area contributed by atoms with Gasteiger partial charge in [0.15, 0.2) is 0 Å². The molecule has 2 aliphatic heterocycles. The van der Waals surface area contributed by atoms with Crippen LogP contribution in [-0.4, -0.2) is 63.0 Å². The van der Waals surface area contributed by atoms with E-state index in [4.69, 9.17) is 14.9 Å². The van der Waals surface area contributed by atoms with Gasteiger partial charge in [-0.3, -0.25) is 19.5 Å². The van der Waals surface area contributed by atoms with Gasteiger partial charge in [0.25, 0.3) is 12.4 Å². The number of likely N-dealkylation sites (tertiary alicyclic amines) is 1. The van der Waals surface area contributed by atoms with Gasteiger partial charge in [-0.25, -0.2) is 9.97 Å². The van der Waals surface area contributed by atoms with Crippen molar-refractivity contribution >= 4 is 18.2 Å². The van der Waals surface area contributed by atoms with Crippen LogP contribution in [0.25, 0.3) is 0 Å². The first-order chi connectivity index (χ1) is 15.5. The second-order valence-electron chi connectivity index (χ2n) is 8.60. The number of hydrogen-bond acceptors (Lipinski definition) is 7. The van der Waals surface area contributed by atoms with Gasteiger partial charge in [0, 0.05) is 50.1 Å². The van der Waals surface area contributed by atoms with Gasteiger partial charge < -0.3 is 15.7 Å². The van der Waals surface area contributed by atoms with Gasteiger partial charge >= 0.3 is 0 Å². The van der Waals surface area contributed by atoms with Crippen LogP contribution < -0.4 is 10.6 Å². The Hall–Kier alpha value is -3.07. The van der Waals surface area contributed by atoms with Crippen LogP contribution in [0.5, 0.6) is 0 Å². The van der Waals surface area contributed by atoms with E-state index in [1.807, 2.05) is 18.5 Å². The predicted octanol–water partition coefficient (Wildman–Crippen LogP) is 2.13. The Morgan fingerprint density at radius 3 is 2.91 bits per heavy atom. The number of anilines is 1. The van der Waals surface area contributed by atoms with Gasteiger partial charge in [-0.15, -0.1) is 0 Å². The first-order valence-electron chi connectivity index (χ1n) is 11.1. The van der Waals surface area contributed by atoms with Crippen LogP contribution in [-0.2, 0) is 24.2 Å². The molecule has 9 heteroatoms. The summed E-state index contributed by atoms with van der Waals surface area (Å²) in [6.07, 6.45) is 7.55. The maximum absolute atomic E-state index is 12.4. The van der Waals surface area contributed by atoms with Gasteiger partial charge in [0.2, 0.25) is 0 Å². The minimum absolute atomic E-state index is 0.0800. The monoisotopic (exact) mass is 440 g/mol. The summed E-state index contributed by atoms with van der Waals surface area (Å²) in [5, 5.41) is 13.5. The average molecular weight is 441 g/mol. The lowest BCUT2D eigenvalue weighted by Crippen LogP contribution is -2.42. The maximum atomic E-state index is 12.4. The number of carboxylic acid groups (broad SMARTS) is 1. The molecule has 1 amide bonds. The fourth-order valence-corrected chi connectivity index (χ4v) is 4.18. The zero-order chi connectivity index (χ0) is 22.9. The van der Waals surface area contributed by atoms with Crippen LogP contribution in [0.15, 0.2) is 24.5 Å². The van der Waals surface area contributed by atoms with E-state index < -0.39 is 0 Å². The number of carbonyl (C=O) groups is 2. The molecule has 4 rings (SSSR count). The lowest BCUT2D eigenvalue weighted by Gasteiger charge is -2.34. The van der Waals surface area contributed by atoms with E-state index in [-0.39, 0.29) is 12.4 Å². The predicted molar refractivity (Wildman–Crippen MR) is 121 cm³/mol. The van der Waals surface area contributed by atoms with E-state index in [9.17, 15) is 4.79 Å². The molecule has 32 heavy (non-hydrogen) atoms. The van der Waals surface area contributed by atoms with Crippen LogP contribution in [0, 0.1) is 5.92 Å². The Morgan fingerprint density at radius 1 is 1.38 bits per heavy atom. The lowest BCUT2D eigenvalue weighted by molar-refractivity contribution is -0.122. The van der Waals surface area contributed by atoms with Crippen LogP contribution in [0.3, 0.4) is 0 Å². The molecule has 0 aliphatic carbocycles. The summed E-state index contributed by atoms with van der Waals surface area (Å²) in [5.74, 6) is 1.97. The molecule has 9 nitrogen and oxygen atoms in total. The quantitative estimate of drug-likeness (QED) is 0.584. The zero-order valence-corrected chi connectivity index (χ0v) is 18.8. The third-order valence-electron chi connectivity index (χ3n) is 5.50. The number of fused-ring (bicyclic) bond motifs is 1. The van der Waals surface area contributed by atoms with Crippen molar-refractivity contribution in [1.29, 1.82) is 0 Å². The second kappa shape index (κ2) is 11.5. The molecule has 4 heterocycles. The highest BCUT2D eigenvalue weighted by Crippen LogP contribution is 2.24. The van der Waals surface area contributed by atoms with Crippen molar-refractivity contribution in [1.82, 2.24) is 25.2 Å². The molecule has 0 bridgehead atoms. The van der Waals surface area contributed by atoms with Crippen molar-refractivity contribution in [2.45, 2.75) is 52.1 Å². The Labute approximate surface area is 188 Å². The molecule has 1 unspecified atom stereocenters. The van der Waals surface area contributed by atoms with Crippen molar-refractivity contribution in [3.05, 3.63) is 47.2 Å². The first kappa shape index (κ1) is 23.6. The minimum atomic E-state index is -0.250. The normalized spacial score (nSPS) is 18.2. The number of nitrogens with zero attached hydrogens (tertiary/aromatic N) is 4. The number of amides is 1. The highest BCUT2D eigenvalue weighted by atomic mass is 16.3. The Morgan fingerprint density at radius 2 is 2.19 bits per heavy atom. The largest absolute Gasteiger partial charge is 0.483 e. The number of hydrogen-bond donors (Lipinski definition) is 3. The zero-order valence-electron chi connectivity index (χ0n) is 18.8. The molecule has 0 radical (unpaired) electrons. The number of piperidine rings is 1. The van der Waals surface area contributed by atoms with Crippen molar-refractivity contribution in [2.24, 2.45) is 5.92 Å². The molecule has 1 atom stereocenters. The Bertz CT molecular complexity index is 906. The number of rotatable bonds is 6. The summed E-state index contributed by atoms with van der Waals surface area (Å²) >= 11 is 0. The van der Waals surface area contributed by atoms with E-state index in [0.29, 0.717) is 24.2 Å². The van der Waals surface area contributed by atoms with Crippen LogP contribution >= 0.6 is 0 Å². The van der Waals surface area contributed by atoms with E-state index in [1.165, 1.54) is 5.56 Å². The van der Waals surface area contributed by atoms with E-state index in [1.54, 1.807) is 0 Å². The maximum Gasteiger partial charge on any atom is 0.290 e. The SMILES string of the molecule is CC(C)Cc1nc(NC2CCCN(Cc3cccnc3)C2)c2c(n1)C(=O)NCC2.O=CO. The van der Waals surface area contributed by atoms with Gasteiger partial charge in [-0.05, 0) is 43.4 Å². The van der Waals surface area contributed by atoms with E-state index >= 15 is 0 Å². The molecule has 2 aromatic rings. The fourth-order valence-electron chi connectivity index (χ4n) is 4.18. The summed E-state index contributed by atoms with van der Waals surface area (Å²) in [7, 11) is 0. The standard InChI is InChI=1S/C22H30N6O.CH2O2/c1-15(2)11-19-26-20-18(7-9-24-22(20)29)21(27-19)25-17-6-4-10-28(14-17)13-16-5-3-8-23-12-16;2-1-3/h3,5,8,12,15,17H,4,6-7,9-11,13-14H2,1-2H3,(H,24,29)(H,25,26,27);1H,(H,2,3). The Kier molecular flexibility index (Phi) is 8.49. The van der Waals surface area contributed by atoms with Crippen molar-refractivity contribution in [2.75, 3.05) is 25.0 Å². The average Bonchev–Trinajstić information content (AvgIpc) is 2.76. The summed E-state index contributed by atoms with van der Waals surface area (Å²) < 4.78 is 0. The van der Waals surface area contributed by atoms with Crippen molar-refractivity contribution in [3.63, 3.8) is 0 Å². The molecule has 2 aromatic heterocycles. The molecule has 1 fully saturated rings. The Balaban J connectivity index is 0.000000913. The topological polar surface area (TPSA) is 120 Å². The molecule has 1 saturated heterocycles. The lowest BCUT2D eigenvalue weighted by atomic mass is 10.0. The third kappa shape index (κ3) is 6.46. The molecule has 0 saturated carbocycles. The number of carbonyl (C=O) groups excluding carboxylic acids is 1. The summed E-state index contributed by atoms with van der Waals surface area (Å²) in [5.41, 5.74) is 2.75. The van der Waals surface area contributed by atoms with Crippen LogP contribution in [0.4, 0.5) is 5.82 Å². The second-order valence-corrected chi connectivity index (χ2v) is 8.60. The van der Waals surface area contributed by atoms with E-state index in [2.05, 4.69) is 45.4 Å². The van der Waals surface area contributed by atoms with Gasteiger partial charge in [-0.2, -0.15) is 0 Å². The van der Waals surface area contributed by atoms with Crippen LogP contribution in [0.2, 0.25) is 0 Å². The molecular weight excluding hydrogens is 408 g/mol. The first-order valence-corrected chi connectivity index (χ1v) is 11.1.